The van der Waals surface area contributed by atoms with Crippen LogP contribution in [-0.4, -0.2) is 43.7 Å². The maximum absolute atomic E-state index is 12.9. The van der Waals surface area contributed by atoms with Gasteiger partial charge in [0.05, 0.1) is 4.90 Å². The molecule has 154 valence electrons. The van der Waals surface area contributed by atoms with Crippen molar-refractivity contribution < 1.29 is 22.7 Å². The molecule has 0 N–H and O–H groups in total. The normalized spacial score (nSPS) is 17.3. The minimum atomic E-state index is -3.80. The molecule has 0 amide bonds. The Bertz CT molecular complexity index is 1030. The van der Waals surface area contributed by atoms with Gasteiger partial charge in [-0.3, -0.25) is 9.59 Å². The van der Waals surface area contributed by atoms with E-state index in [1.165, 1.54) is 16.4 Å². The first-order chi connectivity index (χ1) is 13.7. The van der Waals surface area contributed by atoms with Gasteiger partial charge in [0.2, 0.25) is 15.8 Å². The summed E-state index contributed by atoms with van der Waals surface area (Å²) in [6.45, 7) is 5.48. The molecule has 0 unspecified atom stereocenters. The van der Waals surface area contributed by atoms with Crippen molar-refractivity contribution in [2.45, 2.75) is 44.6 Å². The lowest BCUT2D eigenvalue weighted by atomic mass is 10.0. The van der Waals surface area contributed by atoms with Crippen LogP contribution in [0.1, 0.15) is 39.9 Å². The average molecular weight is 416 g/mol. The molecule has 1 aliphatic rings. The molecular weight excluding hydrogens is 390 g/mol. The van der Waals surface area contributed by atoms with Crippen LogP contribution in [0.15, 0.2) is 47.4 Å². The van der Waals surface area contributed by atoms with Crippen LogP contribution in [0.3, 0.4) is 0 Å². The zero-order valence-electron chi connectivity index (χ0n) is 16.8. The van der Waals surface area contributed by atoms with Crippen LogP contribution >= 0.6 is 0 Å². The number of nitrogens with zero attached hydrogens (tertiary/aromatic N) is 1. The fourth-order valence-corrected chi connectivity index (χ4v) is 5.19. The van der Waals surface area contributed by atoms with Crippen LogP contribution in [0.25, 0.3) is 0 Å². The molecule has 0 spiro atoms. The van der Waals surface area contributed by atoms with Crippen LogP contribution in [0.4, 0.5) is 0 Å². The summed E-state index contributed by atoms with van der Waals surface area (Å²) in [5, 5.41) is 0. The van der Waals surface area contributed by atoms with Crippen molar-refractivity contribution in [3.63, 3.8) is 0 Å². The van der Waals surface area contributed by atoms with Gasteiger partial charge in [0.15, 0.2) is 6.61 Å². The van der Waals surface area contributed by atoms with Gasteiger partial charge in [0, 0.05) is 12.1 Å². The number of carbonyl (C=O) groups is 2. The molecule has 0 aliphatic carbocycles. The monoisotopic (exact) mass is 415 g/mol. The van der Waals surface area contributed by atoms with Gasteiger partial charge in [-0.25, -0.2) is 8.42 Å². The van der Waals surface area contributed by atoms with E-state index in [1.807, 2.05) is 32.9 Å². The summed E-state index contributed by atoms with van der Waals surface area (Å²) in [6, 6.07) is 11.0. The molecule has 7 heteroatoms. The average Bonchev–Trinajstić information content (AvgIpc) is 3.17. The quantitative estimate of drug-likeness (QED) is 0.535. The molecule has 2 aromatic rings. The Hall–Kier alpha value is -2.51. The Balaban J connectivity index is 1.70. The number of benzene rings is 2. The second-order valence-electron chi connectivity index (χ2n) is 7.44. The number of rotatable bonds is 6. The summed E-state index contributed by atoms with van der Waals surface area (Å²) in [5.41, 5.74) is 3.31. The highest BCUT2D eigenvalue weighted by atomic mass is 32.2. The van der Waals surface area contributed by atoms with Crippen molar-refractivity contribution >= 4 is 21.8 Å². The van der Waals surface area contributed by atoms with Gasteiger partial charge in [-0.1, -0.05) is 41.5 Å². The zero-order valence-corrected chi connectivity index (χ0v) is 17.7. The fraction of sp³-hybridized carbons (Fsp3) is 0.364. The summed E-state index contributed by atoms with van der Waals surface area (Å²) in [4.78, 5) is 25.1. The SMILES string of the molecule is Cc1ccc(S(=O)(=O)N2CCC[C@H]2C(=O)OCC(=O)c2ccc(C)cc2C)cc1. The van der Waals surface area contributed by atoms with E-state index in [-0.39, 0.29) is 17.2 Å². The number of ether oxygens (including phenoxy) is 1. The van der Waals surface area contributed by atoms with Gasteiger partial charge in [-0.2, -0.15) is 4.31 Å². The first-order valence-corrected chi connectivity index (χ1v) is 11.0. The highest BCUT2D eigenvalue weighted by Gasteiger charge is 2.40. The lowest BCUT2D eigenvalue weighted by Gasteiger charge is -2.22. The third kappa shape index (κ3) is 4.57. The Morgan fingerprint density at radius 1 is 1.03 bits per heavy atom. The molecule has 29 heavy (non-hydrogen) atoms. The summed E-state index contributed by atoms with van der Waals surface area (Å²) in [7, 11) is -3.80. The molecule has 1 atom stereocenters. The molecule has 1 heterocycles. The van der Waals surface area contributed by atoms with Crippen LogP contribution in [-0.2, 0) is 19.6 Å². The number of hydrogen-bond donors (Lipinski definition) is 0. The molecule has 0 aromatic heterocycles. The van der Waals surface area contributed by atoms with Gasteiger partial charge in [0.1, 0.15) is 6.04 Å². The van der Waals surface area contributed by atoms with E-state index in [1.54, 1.807) is 18.2 Å². The number of ketones is 1. The summed E-state index contributed by atoms with van der Waals surface area (Å²) in [5.74, 6) is -0.988. The van der Waals surface area contributed by atoms with E-state index in [0.717, 1.165) is 16.7 Å². The molecule has 0 saturated carbocycles. The van der Waals surface area contributed by atoms with E-state index < -0.39 is 28.6 Å². The molecular formula is C22H25NO5S. The van der Waals surface area contributed by atoms with Gasteiger partial charge in [-0.05, 0) is 51.3 Å². The van der Waals surface area contributed by atoms with Gasteiger partial charge < -0.3 is 4.74 Å². The largest absolute Gasteiger partial charge is 0.456 e. The third-order valence-electron chi connectivity index (χ3n) is 5.13. The lowest BCUT2D eigenvalue weighted by Crippen LogP contribution is -2.41. The minimum absolute atomic E-state index is 0.147. The number of hydrogen-bond acceptors (Lipinski definition) is 5. The van der Waals surface area contributed by atoms with Gasteiger partial charge in [-0.15, -0.1) is 0 Å². The van der Waals surface area contributed by atoms with E-state index in [0.29, 0.717) is 18.4 Å². The minimum Gasteiger partial charge on any atom is -0.456 e. The fourth-order valence-electron chi connectivity index (χ4n) is 3.55. The number of aryl methyl sites for hydroxylation is 3. The van der Waals surface area contributed by atoms with Crippen molar-refractivity contribution in [3.05, 3.63) is 64.7 Å². The van der Waals surface area contributed by atoms with Gasteiger partial charge >= 0.3 is 5.97 Å². The molecule has 1 saturated heterocycles. The van der Waals surface area contributed by atoms with Gasteiger partial charge in [0.25, 0.3) is 0 Å². The highest BCUT2D eigenvalue weighted by molar-refractivity contribution is 7.89. The Morgan fingerprint density at radius 2 is 1.69 bits per heavy atom. The maximum atomic E-state index is 12.9. The summed E-state index contributed by atoms with van der Waals surface area (Å²) >= 11 is 0. The predicted octanol–water partition coefficient (Wildman–Crippen LogP) is 3.19. The molecule has 6 nitrogen and oxygen atoms in total. The second-order valence-corrected chi connectivity index (χ2v) is 9.33. The van der Waals surface area contributed by atoms with E-state index in [2.05, 4.69) is 0 Å². The van der Waals surface area contributed by atoms with Crippen LogP contribution in [0.2, 0.25) is 0 Å². The third-order valence-corrected chi connectivity index (χ3v) is 7.05. The molecule has 0 radical (unpaired) electrons. The van der Waals surface area contributed by atoms with Crippen molar-refractivity contribution in [1.29, 1.82) is 0 Å². The first kappa shape index (κ1) is 21.2. The number of esters is 1. The molecule has 3 rings (SSSR count). The Labute approximate surface area is 171 Å². The number of sulfonamides is 1. The van der Waals surface area contributed by atoms with Crippen molar-refractivity contribution in [3.8, 4) is 0 Å². The smallest absolute Gasteiger partial charge is 0.324 e. The zero-order chi connectivity index (χ0) is 21.2. The molecule has 2 aromatic carbocycles. The van der Waals surface area contributed by atoms with E-state index in [9.17, 15) is 18.0 Å². The van der Waals surface area contributed by atoms with Crippen LogP contribution < -0.4 is 0 Å². The van der Waals surface area contributed by atoms with E-state index in [4.69, 9.17) is 4.74 Å². The maximum Gasteiger partial charge on any atom is 0.324 e. The van der Waals surface area contributed by atoms with Crippen LogP contribution in [0.5, 0.6) is 0 Å². The predicted molar refractivity (Wildman–Crippen MR) is 109 cm³/mol. The number of Topliss-reactive ketones (excluding diaryl/α,β-unsaturated/α-hetero) is 1. The van der Waals surface area contributed by atoms with Crippen molar-refractivity contribution in [2.24, 2.45) is 0 Å². The molecule has 1 fully saturated rings. The van der Waals surface area contributed by atoms with Crippen LogP contribution in [0, 0.1) is 20.8 Å². The van der Waals surface area contributed by atoms with E-state index >= 15 is 0 Å². The second kappa shape index (κ2) is 8.47. The summed E-state index contributed by atoms with van der Waals surface area (Å²) < 4.78 is 32.3. The summed E-state index contributed by atoms with van der Waals surface area (Å²) in [6.07, 6.45) is 0.942. The highest BCUT2D eigenvalue weighted by Crippen LogP contribution is 2.27. The molecule has 0 bridgehead atoms. The first-order valence-electron chi connectivity index (χ1n) is 9.56. The number of carbonyl (C=O) groups excluding carboxylic acids is 2. The topological polar surface area (TPSA) is 80.8 Å². The Kier molecular flexibility index (Phi) is 6.19. The standard InChI is InChI=1S/C22H25NO5S/c1-15-6-9-18(10-7-15)29(26,27)23-12-4-5-20(23)22(25)28-14-21(24)19-11-8-16(2)13-17(19)3/h6-11,13,20H,4-5,12,14H2,1-3H3/t20-/m0/s1. The van der Waals surface area contributed by atoms with Crippen molar-refractivity contribution in [1.82, 2.24) is 4.31 Å². The Morgan fingerprint density at radius 3 is 2.34 bits per heavy atom. The lowest BCUT2D eigenvalue weighted by molar-refractivity contribution is -0.146. The van der Waals surface area contributed by atoms with Crippen molar-refractivity contribution in [2.75, 3.05) is 13.2 Å². The molecule has 1 aliphatic heterocycles.